The molecule has 0 aromatic carbocycles. The van der Waals surface area contributed by atoms with Crippen molar-refractivity contribution in [2.24, 2.45) is 0 Å². The zero-order chi connectivity index (χ0) is 10.0. The van der Waals surface area contributed by atoms with E-state index in [9.17, 15) is 9.59 Å². The van der Waals surface area contributed by atoms with E-state index in [2.05, 4.69) is 10.3 Å². The van der Waals surface area contributed by atoms with Gasteiger partial charge in [0.05, 0.1) is 5.69 Å². The van der Waals surface area contributed by atoms with Crippen molar-refractivity contribution < 1.29 is 14.0 Å². The third-order valence-electron chi connectivity index (χ3n) is 1.40. The topological polar surface area (TPSA) is 72.2 Å². The van der Waals surface area contributed by atoms with Gasteiger partial charge in [-0.05, 0) is 6.92 Å². The summed E-state index contributed by atoms with van der Waals surface area (Å²) in [6.07, 6.45) is 0. The van der Waals surface area contributed by atoms with Crippen LogP contribution in [0, 0.1) is 6.92 Å². The number of hydrogen-bond donors (Lipinski definition) is 1. The van der Waals surface area contributed by atoms with Gasteiger partial charge in [-0.1, -0.05) is 0 Å². The monoisotopic (exact) mass is 182 g/mol. The molecule has 0 unspecified atom stereocenters. The van der Waals surface area contributed by atoms with E-state index in [1.54, 1.807) is 6.92 Å². The molecule has 1 N–H and O–H groups in total. The van der Waals surface area contributed by atoms with E-state index < -0.39 is 0 Å². The molecule has 0 bridgehead atoms. The Hall–Kier alpha value is -1.65. The van der Waals surface area contributed by atoms with Gasteiger partial charge in [0.15, 0.2) is 11.5 Å². The molecule has 0 saturated carbocycles. The fourth-order valence-corrected chi connectivity index (χ4v) is 0.927. The van der Waals surface area contributed by atoms with Crippen molar-refractivity contribution in [1.82, 2.24) is 4.98 Å². The first-order valence-electron chi connectivity index (χ1n) is 3.76. The van der Waals surface area contributed by atoms with Gasteiger partial charge in [-0.25, -0.2) is 0 Å². The number of aromatic nitrogens is 1. The van der Waals surface area contributed by atoms with Crippen LogP contribution in [0.3, 0.4) is 0 Å². The molecule has 0 spiro atoms. The smallest absolute Gasteiger partial charge is 0.302 e. The van der Waals surface area contributed by atoms with Crippen molar-refractivity contribution in [3.05, 3.63) is 11.5 Å². The second kappa shape index (κ2) is 3.38. The highest BCUT2D eigenvalue weighted by molar-refractivity contribution is 5.93. The normalized spacial score (nSPS) is 9.77. The lowest BCUT2D eigenvalue weighted by atomic mass is 10.3. The SMILES string of the molecule is CC(=O)Nc1nc(C)c(C(C)=O)o1. The second-order valence-corrected chi connectivity index (χ2v) is 2.67. The molecule has 0 fully saturated rings. The molecule has 0 aliphatic rings. The van der Waals surface area contributed by atoms with Gasteiger partial charge in [0.1, 0.15) is 0 Å². The molecule has 5 nitrogen and oxygen atoms in total. The summed E-state index contributed by atoms with van der Waals surface area (Å²) in [7, 11) is 0. The molecule has 1 aromatic heterocycles. The first-order chi connectivity index (χ1) is 6.00. The van der Waals surface area contributed by atoms with Crippen molar-refractivity contribution in [3.8, 4) is 0 Å². The predicted octanol–water partition coefficient (Wildman–Crippen LogP) is 1.14. The molecule has 0 saturated heterocycles. The summed E-state index contributed by atoms with van der Waals surface area (Å²) >= 11 is 0. The van der Waals surface area contributed by atoms with Gasteiger partial charge >= 0.3 is 6.01 Å². The van der Waals surface area contributed by atoms with Crippen LogP contribution in [0.15, 0.2) is 4.42 Å². The number of nitrogens with zero attached hydrogens (tertiary/aromatic N) is 1. The summed E-state index contributed by atoms with van der Waals surface area (Å²) in [5, 5.41) is 2.35. The lowest BCUT2D eigenvalue weighted by Gasteiger charge is -1.91. The molecule has 0 aliphatic carbocycles. The van der Waals surface area contributed by atoms with Crippen molar-refractivity contribution in [2.75, 3.05) is 5.32 Å². The first-order valence-corrected chi connectivity index (χ1v) is 3.76. The molecule has 0 atom stereocenters. The Kier molecular flexibility index (Phi) is 2.46. The summed E-state index contributed by atoms with van der Waals surface area (Å²) < 4.78 is 4.99. The zero-order valence-corrected chi connectivity index (χ0v) is 7.67. The number of carbonyl (C=O) groups excluding carboxylic acids is 2. The molecule has 1 heterocycles. The summed E-state index contributed by atoms with van der Waals surface area (Å²) in [6.45, 7) is 4.36. The van der Waals surface area contributed by atoms with Crippen LogP contribution in [0.25, 0.3) is 0 Å². The Morgan fingerprint density at radius 2 is 2.00 bits per heavy atom. The Morgan fingerprint density at radius 3 is 2.38 bits per heavy atom. The number of carbonyl (C=O) groups is 2. The molecular weight excluding hydrogens is 172 g/mol. The lowest BCUT2D eigenvalue weighted by Crippen LogP contribution is -2.05. The standard InChI is InChI=1S/C8H10N2O3/c1-4-7(5(2)11)13-8(9-4)10-6(3)12/h1-3H3,(H,9,10,12). The van der Waals surface area contributed by atoms with Crippen LogP contribution in [-0.4, -0.2) is 16.7 Å². The zero-order valence-electron chi connectivity index (χ0n) is 7.67. The average Bonchev–Trinajstić information content (AvgIpc) is 2.29. The van der Waals surface area contributed by atoms with E-state index in [1.807, 2.05) is 0 Å². The van der Waals surface area contributed by atoms with Gasteiger partial charge in [-0.15, -0.1) is 0 Å². The minimum absolute atomic E-state index is 0.0650. The van der Waals surface area contributed by atoms with Crippen molar-refractivity contribution in [1.29, 1.82) is 0 Å². The highest BCUT2D eigenvalue weighted by Crippen LogP contribution is 2.14. The second-order valence-electron chi connectivity index (χ2n) is 2.67. The molecule has 70 valence electrons. The van der Waals surface area contributed by atoms with Crippen LogP contribution in [0.4, 0.5) is 6.01 Å². The van der Waals surface area contributed by atoms with Crippen LogP contribution in [0.5, 0.6) is 0 Å². The van der Waals surface area contributed by atoms with Crippen molar-refractivity contribution >= 4 is 17.7 Å². The maximum absolute atomic E-state index is 10.9. The molecule has 1 aromatic rings. The van der Waals surface area contributed by atoms with E-state index >= 15 is 0 Å². The van der Waals surface area contributed by atoms with Gasteiger partial charge in [0.2, 0.25) is 5.91 Å². The largest absolute Gasteiger partial charge is 0.420 e. The minimum atomic E-state index is -0.281. The number of amides is 1. The van der Waals surface area contributed by atoms with Gasteiger partial charge in [-0.3, -0.25) is 14.9 Å². The maximum Gasteiger partial charge on any atom is 0.302 e. The summed E-state index contributed by atoms with van der Waals surface area (Å²) in [6, 6.07) is 0.0650. The Bertz CT molecular complexity index is 354. The molecule has 1 rings (SSSR count). The third kappa shape index (κ3) is 2.14. The number of nitrogens with one attached hydrogen (secondary N) is 1. The average molecular weight is 182 g/mol. The van der Waals surface area contributed by atoms with E-state index in [0.717, 1.165) is 0 Å². The number of hydrogen-bond acceptors (Lipinski definition) is 4. The number of oxazole rings is 1. The fourth-order valence-electron chi connectivity index (χ4n) is 0.927. The summed E-state index contributed by atoms with van der Waals surface area (Å²) in [5.41, 5.74) is 0.483. The van der Waals surface area contributed by atoms with E-state index in [4.69, 9.17) is 4.42 Å². The quantitative estimate of drug-likeness (QED) is 0.696. The van der Waals surface area contributed by atoms with Gasteiger partial charge in [-0.2, -0.15) is 4.98 Å². The molecule has 1 amide bonds. The summed E-state index contributed by atoms with van der Waals surface area (Å²) in [4.78, 5) is 25.4. The van der Waals surface area contributed by atoms with Crippen LogP contribution in [-0.2, 0) is 4.79 Å². The van der Waals surface area contributed by atoms with Gasteiger partial charge in [0, 0.05) is 13.8 Å². The maximum atomic E-state index is 10.9. The Morgan fingerprint density at radius 1 is 1.38 bits per heavy atom. The van der Waals surface area contributed by atoms with E-state index in [0.29, 0.717) is 5.69 Å². The summed E-state index contributed by atoms with van der Waals surface area (Å²) in [5.74, 6) is -0.304. The number of anilines is 1. The Balaban J connectivity index is 2.95. The Labute approximate surface area is 75.1 Å². The highest BCUT2D eigenvalue weighted by atomic mass is 16.4. The highest BCUT2D eigenvalue weighted by Gasteiger charge is 2.13. The van der Waals surface area contributed by atoms with Crippen LogP contribution < -0.4 is 5.32 Å². The molecule has 0 radical (unpaired) electrons. The van der Waals surface area contributed by atoms with Crippen LogP contribution in [0.1, 0.15) is 30.1 Å². The number of aryl methyl sites for hydroxylation is 1. The van der Waals surface area contributed by atoms with Crippen molar-refractivity contribution in [2.45, 2.75) is 20.8 Å². The predicted molar refractivity (Wildman–Crippen MR) is 45.5 cm³/mol. The van der Waals surface area contributed by atoms with E-state index in [1.165, 1.54) is 13.8 Å². The lowest BCUT2D eigenvalue weighted by molar-refractivity contribution is -0.114. The van der Waals surface area contributed by atoms with Crippen LogP contribution >= 0.6 is 0 Å². The van der Waals surface area contributed by atoms with Gasteiger partial charge < -0.3 is 4.42 Å². The number of ketones is 1. The minimum Gasteiger partial charge on any atom is -0.420 e. The molecular formula is C8H10N2O3. The number of Topliss-reactive ketones (excluding diaryl/α,β-unsaturated/α-hetero) is 1. The van der Waals surface area contributed by atoms with E-state index in [-0.39, 0.29) is 23.5 Å². The third-order valence-corrected chi connectivity index (χ3v) is 1.40. The van der Waals surface area contributed by atoms with Crippen molar-refractivity contribution in [3.63, 3.8) is 0 Å². The van der Waals surface area contributed by atoms with Crippen LogP contribution in [0.2, 0.25) is 0 Å². The van der Waals surface area contributed by atoms with Gasteiger partial charge in [0.25, 0.3) is 0 Å². The number of rotatable bonds is 2. The molecule has 13 heavy (non-hydrogen) atoms. The molecule has 5 heteroatoms. The molecule has 0 aliphatic heterocycles. The first kappa shape index (κ1) is 9.44. The fraction of sp³-hybridized carbons (Fsp3) is 0.375.